The van der Waals surface area contributed by atoms with Gasteiger partial charge in [0.15, 0.2) is 0 Å². The molecule has 32 heavy (non-hydrogen) atoms. The second kappa shape index (κ2) is 10.2. The third-order valence-corrected chi connectivity index (χ3v) is 5.84. The molecule has 0 aliphatic rings. The molecule has 0 aliphatic heterocycles. The molecule has 6 heteroatoms. The fourth-order valence-electron chi connectivity index (χ4n) is 3.31. The van der Waals surface area contributed by atoms with Gasteiger partial charge in [0.1, 0.15) is 23.2 Å². The van der Waals surface area contributed by atoms with Crippen LogP contribution in [0.3, 0.4) is 0 Å². The van der Waals surface area contributed by atoms with Crippen LogP contribution in [0.1, 0.15) is 33.4 Å². The first-order valence-corrected chi connectivity index (χ1v) is 11.2. The van der Waals surface area contributed by atoms with Crippen LogP contribution < -0.4 is 10.1 Å². The summed E-state index contributed by atoms with van der Waals surface area (Å²) in [5.74, 6) is 0.323. The molecule has 1 aromatic heterocycles. The van der Waals surface area contributed by atoms with Gasteiger partial charge in [-0.3, -0.25) is 4.79 Å². The lowest BCUT2D eigenvalue weighted by Gasteiger charge is -2.19. The van der Waals surface area contributed by atoms with E-state index in [4.69, 9.17) is 4.74 Å². The molecule has 4 aromatic rings. The Bertz CT molecular complexity index is 1160. The summed E-state index contributed by atoms with van der Waals surface area (Å²) in [5, 5.41) is 5.75. The van der Waals surface area contributed by atoms with Crippen molar-refractivity contribution in [3.05, 3.63) is 117 Å². The Morgan fingerprint density at radius 2 is 1.69 bits per heavy atom. The minimum Gasteiger partial charge on any atom is -0.486 e. The molecule has 0 radical (unpaired) electrons. The number of thiazole rings is 1. The Labute approximate surface area is 190 Å². The third kappa shape index (κ3) is 5.80. The van der Waals surface area contributed by atoms with Crippen molar-refractivity contribution in [1.29, 1.82) is 0 Å². The van der Waals surface area contributed by atoms with E-state index >= 15 is 0 Å². The zero-order valence-electron chi connectivity index (χ0n) is 17.6. The number of nitrogens with zero attached hydrogens (tertiary/aromatic N) is 1. The van der Waals surface area contributed by atoms with E-state index < -0.39 is 0 Å². The molecule has 0 saturated carbocycles. The van der Waals surface area contributed by atoms with E-state index in [0.29, 0.717) is 12.3 Å². The second-order valence-corrected chi connectivity index (χ2v) is 8.42. The van der Waals surface area contributed by atoms with E-state index in [9.17, 15) is 9.18 Å². The van der Waals surface area contributed by atoms with Gasteiger partial charge in [-0.15, -0.1) is 11.3 Å². The van der Waals surface area contributed by atoms with Gasteiger partial charge in [-0.1, -0.05) is 60.2 Å². The predicted octanol–water partition coefficient (Wildman–Crippen LogP) is 5.62. The first-order chi connectivity index (χ1) is 15.6. The van der Waals surface area contributed by atoms with Gasteiger partial charge in [0, 0.05) is 5.38 Å². The number of amides is 1. The number of carbonyl (C=O) groups is 1. The molecule has 1 unspecified atom stereocenters. The average Bonchev–Trinajstić information content (AvgIpc) is 3.25. The van der Waals surface area contributed by atoms with Crippen molar-refractivity contribution >= 4 is 17.2 Å². The number of halogens is 1. The number of rotatable bonds is 8. The predicted molar refractivity (Wildman–Crippen MR) is 124 cm³/mol. The normalized spacial score (nSPS) is 11.7. The quantitative estimate of drug-likeness (QED) is 0.382. The molecule has 0 spiro atoms. The van der Waals surface area contributed by atoms with Crippen molar-refractivity contribution in [3.63, 3.8) is 0 Å². The number of aryl methyl sites for hydroxylation is 1. The van der Waals surface area contributed by atoms with Gasteiger partial charge >= 0.3 is 0 Å². The van der Waals surface area contributed by atoms with Crippen LogP contribution in [0.4, 0.5) is 4.39 Å². The molecule has 1 amide bonds. The number of ether oxygens (including phenoxy) is 1. The van der Waals surface area contributed by atoms with Crippen LogP contribution in [-0.2, 0) is 17.8 Å². The van der Waals surface area contributed by atoms with Crippen molar-refractivity contribution in [2.75, 3.05) is 0 Å². The number of benzene rings is 3. The minimum atomic E-state index is -0.368. The van der Waals surface area contributed by atoms with Crippen molar-refractivity contribution < 1.29 is 13.9 Å². The zero-order valence-corrected chi connectivity index (χ0v) is 18.4. The van der Waals surface area contributed by atoms with E-state index in [-0.39, 0.29) is 24.2 Å². The molecule has 1 atom stereocenters. The van der Waals surface area contributed by atoms with E-state index in [1.165, 1.54) is 29.0 Å². The highest BCUT2D eigenvalue weighted by Gasteiger charge is 2.18. The van der Waals surface area contributed by atoms with Crippen LogP contribution in [0, 0.1) is 12.7 Å². The Morgan fingerprint density at radius 1 is 1.00 bits per heavy atom. The molecule has 1 heterocycles. The topological polar surface area (TPSA) is 51.2 Å². The van der Waals surface area contributed by atoms with Crippen LogP contribution in [0.25, 0.3) is 0 Å². The maximum absolute atomic E-state index is 13.4. The summed E-state index contributed by atoms with van der Waals surface area (Å²) in [6.07, 6.45) is 0.158. The molecule has 0 bridgehead atoms. The van der Waals surface area contributed by atoms with E-state index in [1.807, 2.05) is 66.9 Å². The van der Waals surface area contributed by atoms with Gasteiger partial charge in [-0.05, 0) is 42.3 Å². The first kappa shape index (κ1) is 21.7. The van der Waals surface area contributed by atoms with Crippen molar-refractivity contribution in [2.45, 2.75) is 26.0 Å². The van der Waals surface area contributed by atoms with Gasteiger partial charge in [0.05, 0.1) is 18.2 Å². The number of hydrogen-bond acceptors (Lipinski definition) is 4. The van der Waals surface area contributed by atoms with Gasteiger partial charge < -0.3 is 10.1 Å². The summed E-state index contributed by atoms with van der Waals surface area (Å²) in [4.78, 5) is 17.3. The van der Waals surface area contributed by atoms with Gasteiger partial charge in [-0.2, -0.15) is 0 Å². The SMILES string of the molecule is Cc1ccc(OCc2nc(CC(=O)NC(c3ccccc3)c3ccc(F)cc3)cs2)cc1. The summed E-state index contributed by atoms with van der Waals surface area (Å²) in [5.41, 5.74) is 3.62. The number of nitrogens with one attached hydrogen (secondary N) is 1. The number of aromatic nitrogens is 1. The maximum Gasteiger partial charge on any atom is 0.226 e. The van der Waals surface area contributed by atoms with Gasteiger partial charge in [0.25, 0.3) is 0 Å². The van der Waals surface area contributed by atoms with Crippen molar-refractivity contribution in [2.24, 2.45) is 0 Å². The Hall–Kier alpha value is -3.51. The zero-order chi connectivity index (χ0) is 22.3. The molecule has 0 aliphatic carbocycles. The molecule has 4 rings (SSSR count). The fraction of sp³-hybridized carbons (Fsp3) is 0.154. The van der Waals surface area contributed by atoms with E-state index in [0.717, 1.165) is 21.9 Å². The highest BCUT2D eigenvalue weighted by molar-refractivity contribution is 7.09. The average molecular weight is 447 g/mol. The van der Waals surface area contributed by atoms with E-state index in [1.54, 1.807) is 12.1 Å². The van der Waals surface area contributed by atoms with Crippen LogP contribution in [0.2, 0.25) is 0 Å². The maximum atomic E-state index is 13.4. The highest BCUT2D eigenvalue weighted by atomic mass is 32.1. The Kier molecular flexibility index (Phi) is 6.92. The standard InChI is InChI=1S/C26H23FN2O2S/c1-18-7-13-23(14-8-18)31-16-25-28-22(17-32-25)15-24(30)29-26(19-5-3-2-4-6-19)20-9-11-21(27)12-10-20/h2-14,17,26H,15-16H2,1H3,(H,29,30). The Morgan fingerprint density at radius 3 is 2.41 bits per heavy atom. The first-order valence-electron chi connectivity index (χ1n) is 10.3. The molecular formula is C26H23FN2O2S. The van der Waals surface area contributed by atoms with Crippen LogP contribution in [-0.4, -0.2) is 10.9 Å². The number of hydrogen-bond donors (Lipinski definition) is 1. The summed E-state index contributed by atoms with van der Waals surface area (Å²) in [6, 6.07) is 23.3. The summed E-state index contributed by atoms with van der Waals surface area (Å²) in [7, 11) is 0. The lowest BCUT2D eigenvalue weighted by molar-refractivity contribution is -0.121. The molecule has 0 saturated heterocycles. The lowest BCUT2D eigenvalue weighted by Crippen LogP contribution is -2.30. The molecular weight excluding hydrogens is 423 g/mol. The van der Waals surface area contributed by atoms with Crippen molar-refractivity contribution in [1.82, 2.24) is 10.3 Å². The fourth-order valence-corrected chi connectivity index (χ4v) is 4.02. The number of carbonyl (C=O) groups excluding carboxylic acids is 1. The van der Waals surface area contributed by atoms with Crippen LogP contribution >= 0.6 is 11.3 Å². The van der Waals surface area contributed by atoms with Crippen molar-refractivity contribution in [3.8, 4) is 5.75 Å². The highest BCUT2D eigenvalue weighted by Crippen LogP contribution is 2.23. The lowest BCUT2D eigenvalue weighted by atomic mass is 9.98. The largest absolute Gasteiger partial charge is 0.486 e. The van der Waals surface area contributed by atoms with E-state index in [2.05, 4.69) is 10.3 Å². The van der Waals surface area contributed by atoms with Crippen LogP contribution in [0.5, 0.6) is 5.75 Å². The van der Waals surface area contributed by atoms with Gasteiger partial charge in [0.2, 0.25) is 5.91 Å². The van der Waals surface area contributed by atoms with Gasteiger partial charge in [-0.25, -0.2) is 9.37 Å². The molecule has 162 valence electrons. The summed E-state index contributed by atoms with van der Waals surface area (Å²) < 4.78 is 19.2. The monoisotopic (exact) mass is 446 g/mol. The summed E-state index contributed by atoms with van der Waals surface area (Å²) >= 11 is 1.47. The summed E-state index contributed by atoms with van der Waals surface area (Å²) in [6.45, 7) is 2.39. The smallest absolute Gasteiger partial charge is 0.226 e. The van der Waals surface area contributed by atoms with Crippen LogP contribution in [0.15, 0.2) is 84.2 Å². The molecule has 0 fully saturated rings. The molecule has 4 nitrogen and oxygen atoms in total. The minimum absolute atomic E-state index is 0.153. The second-order valence-electron chi connectivity index (χ2n) is 7.47. The Balaban J connectivity index is 1.40. The third-order valence-electron chi connectivity index (χ3n) is 4.97. The molecule has 1 N–H and O–H groups in total. The molecule has 3 aromatic carbocycles.